The molecule has 1 heterocycles. The number of carboxylic acid groups (broad SMARTS) is 1. The van der Waals surface area contributed by atoms with E-state index in [2.05, 4.69) is 10.3 Å². The number of benzene rings is 1. The Balaban J connectivity index is 2.06. The van der Waals surface area contributed by atoms with Crippen LogP contribution in [0, 0.1) is 0 Å². The standard InChI is InChI=1S/C15H16N2O3S/c1-9(2)12-8-21-15(16-12)17-13(18)7-10-5-3-4-6-11(10)14(19)20/h3-6,8-9H,7H2,1-2H3,(H,19,20)(H,16,17,18). The quantitative estimate of drug-likeness (QED) is 0.889. The number of aromatic carboxylic acids is 1. The van der Waals surface area contributed by atoms with E-state index in [9.17, 15) is 9.59 Å². The van der Waals surface area contributed by atoms with Gasteiger partial charge in [0.2, 0.25) is 5.91 Å². The number of nitrogens with one attached hydrogen (secondary N) is 1. The Kier molecular flexibility index (Phi) is 4.70. The number of thiazole rings is 1. The molecule has 5 nitrogen and oxygen atoms in total. The first-order valence-corrected chi connectivity index (χ1v) is 7.42. The van der Waals surface area contributed by atoms with Crippen LogP contribution in [0.1, 0.15) is 41.4 Å². The van der Waals surface area contributed by atoms with Crippen molar-refractivity contribution in [2.45, 2.75) is 26.2 Å². The lowest BCUT2D eigenvalue weighted by Gasteiger charge is -2.05. The molecule has 1 amide bonds. The summed E-state index contributed by atoms with van der Waals surface area (Å²) in [5.74, 6) is -0.997. The van der Waals surface area contributed by atoms with Crippen molar-refractivity contribution in [2.24, 2.45) is 0 Å². The van der Waals surface area contributed by atoms with E-state index in [1.165, 1.54) is 17.4 Å². The summed E-state index contributed by atoms with van der Waals surface area (Å²) in [4.78, 5) is 27.4. The molecular formula is C15H16N2O3S. The van der Waals surface area contributed by atoms with Crippen molar-refractivity contribution >= 4 is 28.3 Å². The molecule has 21 heavy (non-hydrogen) atoms. The molecule has 2 aromatic rings. The number of carbonyl (C=O) groups excluding carboxylic acids is 1. The van der Waals surface area contributed by atoms with Gasteiger partial charge in [-0.3, -0.25) is 4.79 Å². The van der Waals surface area contributed by atoms with E-state index < -0.39 is 5.97 Å². The molecule has 1 aromatic heterocycles. The van der Waals surface area contributed by atoms with Crippen LogP contribution in [0.3, 0.4) is 0 Å². The number of carboxylic acids is 1. The first-order valence-electron chi connectivity index (χ1n) is 6.54. The van der Waals surface area contributed by atoms with E-state index in [4.69, 9.17) is 5.11 Å². The van der Waals surface area contributed by atoms with Crippen molar-refractivity contribution in [3.05, 3.63) is 46.5 Å². The van der Waals surface area contributed by atoms with Crippen LogP contribution in [-0.2, 0) is 11.2 Å². The summed E-state index contributed by atoms with van der Waals surface area (Å²) in [6.45, 7) is 4.06. The maximum absolute atomic E-state index is 12.0. The highest BCUT2D eigenvalue weighted by atomic mass is 32.1. The van der Waals surface area contributed by atoms with E-state index >= 15 is 0 Å². The van der Waals surface area contributed by atoms with Gasteiger partial charge in [0.1, 0.15) is 0 Å². The molecule has 0 bridgehead atoms. The SMILES string of the molecule is CC(C)c1csc(NC(=O)Cc2ccccc2C(=O)O)n1. The predicted molar refractivity (Wildman–Crippen MR) is 81.9 cm³/mol. The minimum Gasteiger partial charge on any atom is -0.478 e. The lowest BCUT2D eigenvalue weighted by Crippen LogP contribution is -2.16. The largest absolute Gasteiger partial charge is 0.478 e. The third kappa shape index (κ3) is 3.88. The van der Waals surface area contributed by atoms with E-state index in [0.29, 0.717) is 16.6 Å². The lowest BCUT2D eigenvalue weighted by molar-refractivity contribution is -0.115. The Morgan fingerprint density at radius 2 is 2.05 bits per heavy atom. The maximum atomic E-state index is 12.0. The molecule has 0 atom stereocenters. The van der Waals surface area contributed by atoms with Crippen molar-refractivity contribution in [2.75, 3.05) is 5.32 Å². The second-order valence-corrected chi connectivity index (χ2v) is 5.78. The van der Waals surface area contributed by atoms with Gasteiger partial charge in [-0.05, 0) is 17.5 Å². The highest BCUT2D eigenvalue weighted by Crippen LogP contribution is 2.21. The predicted octanol–water partition coefficient (Wildman–Crippen LogP) is 3.15. The number of rotatable bonds is 5. The van der Waals surface area contributed by atoms with Crippen molar-refractivity contribution < 1.29 is 14.7 Å². The van der Waals surface area contributed by atoms with Gasteiger partial charge < -0.3 is 10.4 Å². The molecule has 0 aliphatic heterocycles. The van der Waals surface area contributed by atoms with Crippen molar-refractivity contribution in [1.29, 1.82) is 0 Å². The summed E-state index contributed by atoms with van der Waals surface area (Å²) in [5.41, 5.74) is 1.57. The number of aromatic nitrogens is 1. The Labute approximate surface area is 126 Å². The van der Waals surface area contributed by atoms with Gasteiger partial charge in [-0.2, -0.15) is 0 Å². The summed E-state index contributed by atoms with van der Waals surface area (Å²) in [6.07, 6.45) is 0.0130. The highest BCUT2D eigenvalue weighted by molar-refractivity contribution is 7.13. The van der Waals surface area contributed by atoms with Crippen LogP contribution in [0.4, 0.5) is 5.13 Å². The van der Waals surface area contributed by atoms with Crippen molar-refractivity contribution in [1.82, 2.24) is 4.98 Å². The summed E-state index contributed by atoms with van der Waals surface area (Å²) in [6, 6.07) is 6.49. The summed E-state index contributed by atoms with van der Waals surface area (Å²) in [5, 5.41) is 14.2. The van der Waals surface area contributed by atoms with E-state index in [0.717, 1.165) is 5.69 Å². The number of carbonyl (C=O) groups is 2. The summed E-state index contributed by atoms with van der Waals surface area (Å²) < 4.78 is 0. The van der Waals surface area contributed by atoms with Crippen LogP contribution >= 0.6 is 11.3 Å². The lowest BCUT2D eigenvalue weighted by atomic mass is 10.0. The first-order chi connectivity index (χ1) is 9.97. The van der Waals surface area contributed by atoms with Gasteiger partial charge >= 0.3 is 5.97 Å². The number of anilines is 1. The number of amides is 1. The maximum Gasteiger partial charge on any atom is 0.335 e. The van der Waals surface area contributed by atoms with E-state index in [1.54, 1.807) is 18.2 Å². The van der Waals surface area contributed by atoms with Crippen LogP contribution in [0.15, 0.2) is 29.6 Å². The molecule has 0 aliphatic rings. The topological polar surface area (TPSA) is 79.3 Å². The third-order valence-corrected chi connectivity index (χ3v) is 3.73. The number of nitrogens with zero attached hydrogens (tertiary/aromatic N) is 1. The van der Waals surface area contributed by atoms with Crippen molar-refractivity contribution in [3.8, 4) is 0 Å². The Morgan fingerprint density at radius 3 is 2.67 bits per heavy atom. The zero-order valence-electron chi connectivity index (χ0n) is 11.8. The Morgan fingerprint density at radius 1 is 1.33 bits per heavy atom. The van der Waals surface area contributed by atoms with Crippen LogP contribution in [0.2, 0.25) is 0 Å². The highest BCUT2D eigenvalue weighted by Gasteiger charge is 2.14. The summed E-state index contributed by atoms with van der Waals surface area (Å²) >= 11 is 1.37. The van der Waals surface area contributed by atoms with E-state index in [-0.39, 0.29) is 17.9 Å². The normalized spacial score (nSPS) is 10.6. The van der Waals surface area contributed by atoms with Gasteiger partial charge in [-0.25, -0.2) is 9.78 Å². The van der Waals surface area contributed by atoms with Crippen LogP contribution < -0.4 is 5.32 Å². The fraction of sp³-hybridized carbons (Fsp3) is 0.267. The smallest absolute Gasteiger partial charge is 0.335 e. The fourth-order valence-corrected chi connectivity index (χ4v) is 2.72. The molecule has 1 aromatic carbocycles. The zero-order chi connectivity index (χ0) is 15.4. The van der Waals surface area contributed by atoms with Crippen LogP contribution in [0.5, 0.6) is 0 Å². The minimum atomic E-state index is -1.03. The molecule has 0 fully saturated rings. The molecule has 0 aliphatic carbocycles. The van der Waals surface area contributed by atoms with Gasteiger partial charge in [0.15, 0.2) is 5.13 Å². The molecule has 0 unspecified atom stereocenters. The average Bonchev–Trinajstić information content (AvgIpc) is 2.87. The number of hydrogen-bond donors (Lipinski definition) is 2. The summed E-state index contributed by atoms with van der Waals surface area (Å²) in [7, 11) is 0. The molecule has 0 saturated heterocycles. The molecule has 6 heteroatoms. The van der Waals surface area contributed by atoms with Gasteiger partial charge in [0.05, 0.1) is 17.7 Å². The monoisotopic (exact) mass is 304 g/mol. The average molecular weight is 304 g/mol. The van der Waals surface area contributed by atoms with E-state index in [1.807, 2.05) is 19.2 Å². The van der Waals surface area contributed by atoms with Gasteiger partial charge in [-0.15, -0.1) is 11.3 Å². The van der Waals surface area contributed by atoms with Crippen LogP contribution in [0.25, 0.3) is 0 Å². The molecule has 0 spiro atoms. The second kappa shape index (κ2) is 6.49. The molecule has 110 valence electrons. The van der Waals surface area contributed by atoms with Crippen molar-refractivity contribution in [3.63, 3.8) is 0 Å². The minimum absolute atomic E-state index is 0.0130. The Bertz CT molecular complexity index is 664. The number of hydrogen-bond acceptors (Lipinski definition) is 4. The second-order valence-electron chi connectivity index (χ2n) is 4.92. The zero-order valence-corrected chi connectivity index (χ0v) is 12.6. The molecule has 0 saturated carbocycles. The van der Waals surface area contributed by atoms with Gasteiger partial charge in [0.25, 0.3) is 0 Å². The molecule has 2 N–H and O–H groups in total. The molecular weight excluding hydrogens is 288 g/mol. The third-order valence-electron chi connectivity index (χ3n) is 2.96. The fourth-order valence-electron chi connectivity index (χ4n) is 1.83. The molecule has 0 radical (unpaired) electrons. The molecule has 2 rings (SSSR count). The van der Waals surface area contributed by atoms with Crippen LogP contribution in [-0.4, -0.2) is 22.0 Å². The van der Waals surface area contributed by atoms with Gasteiger partial charge in [-0.1, -0.05) is 32.0 Å². The first kappa shape index (κ1) is 15.2. The Hall–Kier alpha value is -2.21. The van der Waals surface area contributed by atoms with Gasteiger partial charge in [0, 0.05) is 5.38 Å².